The van der Waals surface area contributed by atoms with Crippen molar-refractivity contribution in [3.8, 4) is 5.75 Å². The van der Waals surface area contributed by atoms with Gasteiger partial charge in [0.05, 0.1) is 6.61 Å². The van der Waals surface area contributed by atoms with Crippen LogP contribution in [0, 0.1) is 6.92 Å². The van der Waals surface area contributed by atoms with Gasteiger partial charge < -0.3 is 20.1 Å². The fraction of sp³-hybridized carbons (Fsp3) is 0.632. The van der Waals surface area contributed by atoms with Gasteiger partial charge in [-0.15, -0.1) is 0 Å². The lowest BCUT2D eigenvalue weighted by atomic mass is 10.1. The van der Waals surface area contributed by atoms with Gasteiger partial charge in [0.15, 0.2) is 5.96 Å². The van der Waals surface area contributed by atoms with Gasteiger partial charge in [-0.2, -0.15) is 0 Å². The molecule has 24 heavy (non-hydrogen) atoms. The lowest BCUT2D eigenvalue weighted by molar-refractivity contribution is 0.192. The molecule has 5 heteroatoms. The van der Waals surface area contributed by atoms with E-state index in [-0.39, 0.29) is 0 Å². The van der Waals surface area contributed by atoms with Crippen molar-refractivity contribution in [2.75, 3.05) is 33.9 Å². The van der Waals surface area contributed by atoms with E-state index in [0.717, 1.165) is 62.7 Å². The molecule has 0 saturated heterocycles. The summed E-state index contributed by atoms with van der Waals surface area (Å²) in [5.74, 6) is 1.78. The minimum Gasteiger partial charge on any atom is -0.493 e. The second-order valence-electron chi connectivity index (χ2n) is 5.87. The fourth-order valence-electron chi connectivity index (χ4n) is 2.31. The van der Waals surface area contributed by atoms with Crippen molar-refractivity contribution in [3.05, 3.63) is 29.3 Å². The molecule has 0 bridgehead atoms. The second kappa shape index (κ2) is 12.6. The van der Waals surface area contributed by atoms with E-state index < -0.39 is 0 Å². The van der Waals surface area contributed by atoms with Crippen molar-refractivity contribution in [1.29, 1.82) is 0 Å². The minimum absolute atomic E-state index is 0.697. The van der Waals surface area contributed by atoms with Crippen molar-refractivity contribution >= 4 is 5.96 Å². The Morgan fingerprint density at radius 2 is 1.96 bits per heavy atom. The van der Waals surface area contributed by atoms with Crippen molar-refractivity contribution in [1.82, 2.24) is 10.6 Å². The van der Waals surface area contributed by atoms with Gasteiger partial charge in [-0.25, -0.2) is 0 Å². The van der Waals surface area contributed by atoms with Gasteiger partial charge in [0, 0.05) is 39.4 Å². The Hall–Kier alpha value is -1.75. The van der Waals surface area contributed by atoms with Crippen LogP contribution < -0.4 is 15.4 Å². The monoisotopic (exact) mass is 335 g/mol. The summed E-state index contributed by atoms with van der Waals surface area (Å²) in [5.41, 5.74) is 2.36. The first kappa shape index (κ1) is 20.3. The Balaban J connectivity index is 2.42. The minimum atomic E-state index is 0.697. The zero-order valence-electron chi connectivity index (χ0n) is 15.7. The average molecular weight is 335 g/mol. The number of guanidine groups is 1. The van der Waals surface area contributed by atoms with Gasteiger partial charge >= 0.3 is 0 Å². The molecule has 0 aromatic heterocycles. The molecular weight excluding hydrogens is 302 g/mol. The van der Waals surface area contributed by atoms with E-state index in [0.29, 0.717) is 6.54 Å². The molecule has 0 aliphatic heterocycles. The number of rotatable bonds is 11. The Labute approximate surface area is 146 Å². The van der Waals surface area contributed by atoms with Crippen LogP contribution in [0.4, 0.5) is 0 Å². The molecule has 1 aromatic rings. The summed E-state index contributed by atoms with van der Waals surface area (Å²) < 4.78 is 10.9. The highest BCUT2D eigenvalue weighted by Gasteiger charge is 2.05. The van der Waals surface area contributed by atoms with Gasteiger partial charge in [-0.1, -0.05) is 19.1 Å². The molecule has 0 atom stereocenters. The van der Waals surface area contributed by atoms with E-state index in [1.54, 1.807) is 14.2 Å². The molecule has 0 heterocycles. The second-order valence-corrected chi connectivity index (χ2v) is 5.87. The zero-order valence-corrected chi connectivity index (χ0v) is 15.7. The van der Waals surface area contributed by atoms with E-state index >= 15 is 0 Å². The number of nitrogens with zero attached hydrogens (tertiary/aromatic N) is 1. The average Bonchev–Trinajstić information content (AvgIpc) is 2.59. The Morgan fingerprint density at radius 1 is 1.12 bits per heavy atom. The summed E-state index contributed by atoms with van der Waals surface area (Å²) >= 11 is 0. The number of benzene rings is 1. The molecular formula is C19H33N3O2. The molecule has 1 aromatic carbocycles. The highest BCUT2D eigenvalue weighted by atomic mass is 16.5. The third kappa shape index (κ3) is 8.20. The first-order chi connectivity index (χ1) is 11.7. The maximum Gasteiger partial charge on any atom is 0.191 e. The predicted octanol–water partition coefficient (Wildman–Crippen LogP) is 3.27. The molecule has 0 aliphatic carbocycles. The number of nitrogens with one attached hydrogen (secondary N) is 2. The molecule has 136 valence electrons. The number of hydrogen-bond acceptors (Lipinski definition) is 3. The summed E-state index contributed by atoms with van der Waals surface area (Å²) in [6.45, 7) is 7.39. The van der Waals surface area contributed by atoms with Crippen LogP contribution in [0.3, 0.4) is 0 Å². The number of aryl methyl sites for hydroxylation is 1. The first-order valence-electron chi connectivity index (χ1n) is 8.87. The Bertz CT molecular complexity index is 490. The zero-order chi connectivity index (χ0) is 17.6. The smallest absolute Gasteiger partial charge is 0.191 e. The third-order valence-electron chi connectivity index (χ3n) is 3.67. The van der Waals surface area contributed by atoms with Crippen molar-refractivity contribution in [2.24, 2.45) is 4.99 Å². The van der Waals surface area contributed by atoms with Crippen LogP contribution in [-0.2, 0) is 11.3 Å². The normalized spacial score (nSPS) is 11.4. The lowest BCUT2D eigenvalue weighted by Crippen LogP contribution is -2.37. The molecule has 0 aliphatic rings. The quantitative estimate of drug-likeness (QED) is 0.370. The van der Waals surface area contributed by atoms with Crippen LogP contribution in [0.25, 0.3) is 0 Å². The van der Waals surface area contributed by atoms with Crippen LogP contribution in [-0.4, -0.2) is 39.9 Å². The van der Waals surface area contributed by atoms with E-state index in [2.05, 4.69) is 47.7 Å². The molecule has 1 rings (SSSR count). The fourth-order valence-corrected chi connectivity index (χ4v) is 2.31. The summed E-state index contributed by atoms with van der Waals surface area (Å²) in [5, 5.41) is 6.71. The molecule has 0 amide bonds. The first-order valence-corrected chi connectivity index (χ1v) is 8.87. The van der Waals surface area contributed by atoms with Gasteiger partial charge in [0.1, 0.15) is 5.75 Å². The van der Waals surface area contributed by atoms with Crippen molar-refractivity contribution in [2.45, 2.75) is 46.1 Å². The summed E-state index contributed by atoms with van der Waals surface area (Å²) in [6.07, 6.45) is 4.38. The van der Waals surface area contributed by atoms with Crippen molar-refractivity contribution < 1.29 is 9.47 Å². The molecule has 0 fully saturated rings. The van der Waals surface area contributed by atoms with Crippen LogP contribution in [0.15, 0.2) is 23.2 Å². The SMILES string of the molecule is CCCOc1cc(C)ccc1CNC(=NC)NCCCCCOC. The number of aliphatic imine (C=N–C) groups is 1. The molecule has 2 N–H and O–H groups in total. The van der Waals surface area contributed by atoms with Gasteiger partial charge in [-0.3, -0.25) is 4.99 Å². The van der Waals surface area contributed by atoms with Gasteiger partial charge in [0.2, 0.25) is 0 Å². The molecule has 0 unspecified atom stereocenters. The van der Waals surface area contributed by atoms with E-state index in [1.807, 2.05) is 0 Å². The van der Waals surface area contributed by atoms with Crippen LogP contribution in [0.1, 0.15) is 43.7 Å². The Morgan fingerprint density at radius 3 is 2.67 bits per heavy atom. The highest BCUT2D eigenvalue weighted by molar-refractivity contribution is 5.79. The summed E-state index contributed by atoms with van der Waals surface area (Å²) in [6, 6.07) is 6.33. The maximum atomic E-state index is 5.86. The van der Waals surface area contributed by atoms with Crippen molar-refractivity contribution in [3.63, 3.8) is 0 Å². The molecule has 0 spiro atoms. The highest BCUT2D eigenvalue weighted by Crippen LogP contribution is 2.20. The summed E-state index contributed by atoms with van der Waals surface area (Å²) in [7, 11) is 3.54. The number of hydrogen-bond donors (Lipinski definition) is 2. The Kier molecular flexibility index (Phi) is 10.7. The van der Waals surface area contributed by atoms with Crippen LogP contribution in [0.5, 0.6) is 5.75 Å². The van der Waals surface area contributed by atoms with Crippen LogP contribution >= 0.6 is 0 Å². The predicted molar refractivity (Wildman–Crippen MR) is 101 cm³/mol. The standard InChI is InChI=1S/C19H33N3O2/c1-5-12-24-18-14-16(2)9-10-17(18)15-22-19(20-3)21-11-7-6-8-13-23-4/h9-10,14H,5-8,11-13,15H2,1-4H3,(H2,20,21,22). The maximum absolute atomic E-state index is 5.86. The molecule has 5 nitrogen and oxygen atoms in total. The molecule has 0 radical (unpaired) electrons. The van der Waals surface area contributed by atoms with E-state index in [9.17, 15) is 0 Å². The van der Waals surface area contributed by atoms with Gasteiger partial charge in [-0.05, 0) is 44.2 Å². The lowest BCUT2D eigenvalue weighted by Gasteiger charge is -2.15. The topological polar surface area (TPSA) is 54.9 Å². The molecule has 0 saturated carbocycles. The number of ether oxygens (including phenoxy) is 2. The largest absolute Gasteiger partial charge is 0.493 e. The van der Waals surface area contributed by atoms with E-state index in [1.165, 1.54) is 5.56 Å². The third-order valence-corrected chi connectivity index (χ3v) is 3.67. The van der Waals surface area contributed by atoms with Gasteiger partial charge in [0.25, 0.3) is 0 Å². The number of methoxy groups -OCH3 is 1. The summed E-state index contributed by atoms with van der Waals surface area (Å²) in [4.78, 5) is 4.28. The number of unbranched alkanes of at least 4 members (excludes halogenated alkanes) is 2. The van der Waals surface area contributed by atoms with E-state index in [4.69, 9.17) is 9.47 Å². The van der Waals surface area contributed by atoms with Crippen LogP contribution in [0.2, 0.25) is 0 Å².